The maximum absolute atomic E-state index is 12.6. The minimum absolute atomic E-state index is 0.272. The molecule has 0 saturated carbocycles. The van der Waals surface area contributed by atoms with Crippen molar-refractivity contribution < 1.29 is 13.9 Å². The lowest BCUT2D eigenvalue weighted by atomic mass is 10.0. The average molecular weight is 467 g/mol. The van der Waals surface area contributed by atoms with E-state index in [9.17, 15) is 14.9 Å². The van der Waals surface area contributed by atoms with Gasteiger partial charge in [0, 0.05) is 31.8 Å². The number of aromatic nitrogens is 1. The number of carbonyl (C=O) groups excluding carboxylic acids is 1. The van der Waals surface area contributed by atoms with Crippen LogP contribution in [-0.4, -0.2) is 53.8 Å². The van der Waals surface area contributed by atoms with Crippen molar-refractivity contribution in [2.24, 2.45) is 7.05 Å². The summed E-state index contributed by atoms with van der Waals surface area (Å²) in [7, 11) is 1.68. The highest BCUT2D eigenvalue weighted by atomic mass is 32.2. The molecule has 3 aromatic rings. The molecular formula is C24H26N4O4S. The molecule has 0 spiro atoms. The Hall–Kier alpha value is -3.06. The summed E-state index contributed by atoms with van der Waals surface area (Å²) in [6.45, 7) is 1.73. The summed E-state index contributed by atoms with van der Waals surface area (Å²) in [4.78, 5) is 24.3. The first-order chi connectivity index (χ1) is 16.0. The van der Waals surface area contributed by atoms with E-state index >= 15 is 0 Å². The minimum Gasteiger partial charge on any atom is -0.408 e. The number of nitriles is 1. The van der Waals surface area contributed by atoms with Gasteiger partial charge in [0.05, 0.1) is 18.2 Å². The maximum atomic E-state index is 12.6. The highest BCUT2D eigenvalue weighted by Gasteiger charge is 2.26. The number of oxazole rings is 1. The number of nitrogens with one attached hydrogen (secondary N) is 2. The summed E-state index contributed by atoms with van der Waals surface area (Å²) in [6.07, 6.45) is 1.81. The van der Waals surface area contributed by atoms with Crippen molar-refractivity contribution in [2.45, 2.75) is 23.8 Å². The second kappa shape index (κ2) is 10.3. The lowest BCUT2D eigenvalue weighted by Gasteiger charge is -2.18. The molecule has 1 amide bonds. The van der Waals surface area contributed by atoms with Crippen molar-refractivity contribution in [1.29, 1.82) is 5.26 Å². The second-order valence-corrected chi connectivity index (χ2v) is 9.18. The van der Waals surface area contributed by atoms with Crippen molar-refractivity contribution >= 4 is 28.8 Å². The number of amides is 1. The lowest BCUT2D eigenvalue weighted by molar-refractivity contribution is -0.132. The molecule has 8 nitrogen and oxygen atoms in total. The molecular weight excluding hydrogens is 440 g/mol. The zero-order valence-electron chi connectivity index (χ0n) is 18.5. The molecule has 172 valence electrons. The van der Waals surface area contributed by atoms with E-state index in [1.54, 1.807) is 24.9 Å². The summed E-state index contributed by atoms with van der Waals surface area (Å²) in [5.74, 6) is -0.664. The van der Waals surface area contributed by atoms with Crippen LogP contribution in [-0.2, 0) is 23.0 Å². The van der Waals surface area contributed by atoms with E-state index in [-0.39, 0.29) is 5.91 Å². The molecule has 1 saturated heterocycles. The first-order valence-corrected chi connectivity index (χ1v) is 12.0. The van der Waals surface area contributed by atoms with Gasteiger partial charge >= 0.3 is 5.76 Å². The largest absolute Gasteiger partial charge is 0.419 e. The third kappa shape index (κ3) is 5.30. The molecule has 1 aromatic heterocycles. The molecule has 2 N–H and O–H groups in total. The number of thioether (sulfide) groups is 1. The van der Waals surface area contributed by atoms with Crippen LogP contribution >= 0.6 is 11.8 Å². The quantitative estimate of drug-likeness (QED) is 0.572. The van der Waals surface area contributed by atoms with Crippen LogP contribution in [0.15, 0.2) is 51.7 Å². The zero-order valence-corrected chi connectivity index (χ0v) is 19.4. The SMILES string of the molecule is CS[C@H]1CNC[C@@H](C(=O)N[C@H](C#N)Cc2ccc(-c3ccc4oc(=O)n(C)c4c3)cc2)OC1. The zero-order chi connectivity index (χ0) is 23.4. The predicted molar refractivity (Wildman–Crippen MR) is 128 cm³/mol. The van der Waals surface area contributed by atoms with Gasteiger partial charge in [-0.3, -0.25) is 9.36 Å². The third-order valence-corrected chi connectivity index (χ3v) is 6.77. The van der Waals surface area contributed by atoms with Crippen LogP contribution in [0.2, 0.25) is 0 Å². The monoisotopic (exact) mass is 466 g/mol. The Morgan fingerprint density at radius 1 is 1.27 bits per heavy atom. The van der Waals surface area contributed by atoms with Crippen LogP contribution in [0, 0.1) is 11.3 Å². The number of aryl methyl sites for hydroxylation is 1. The minimum atomic E-state index is -0.650. The second-order valence-electron chi connectivity index (χ2n) is 8.04. The summed E-state index contributed by atoms with van der Waals surface area (Å²) in [5, 5.41) is 15.9. The van der Waals surface area contributed by atoms with Gasteiger partial charge in [-0.05, 0) is 35.1 Å². The summed E-state index contributed by atoms with van der Waals surface area (Å²) >= 11 is 1.70. The van der Waals surface area contributed by atoms with E-state index in [1.807, 2.05) is 42.7 Å². The maximum Gasteiger partial charge on any atom is 0.419 e. The molecule has 4 rings (SSSR count). The molecule has 3 atom stereocenters. The highest BCUT2D eigenvalue weighted by molar-refractivity contribution is 7.99. The number of hydrogen-bond acceptors (Lipinski definition) is 7. The van der Waals surface area contributed by atoms with Gasteiger partial charge in [0.2, 0.25) is 0 Å². The van der Waals surface area contributed by atoms with Crippen LogP contribution in [0.1, 0.15) is 5.56 Å². The topological polar surface area (TPSA) is 109 Å². The fourth-order valence-corrected chi connectivity index (χ4v) is 4.30. The normalized spacial score (nSPS) is 19.5. The van der Waals surface area contributed by atoms with E-state index in [2.05, 4.69) is 16.7 Å². The molecule has 0 unspecified atom stereocenters. The van der Waals surface area contributed by atoms with Crippen LogP contribution in [0.4, 0.5) is 0 Å². The third-order valence-electron chi connectivity index (χ3n) is 5.80. The van der Waals surface area contributed by atoms with Gasteiger partial charge < -0.3 is 19.8 Å². The van der Waals surface area contributed by atoms with E-state index in [1.165, 1.54) is 4.57 Å². The van der Waals surface area contributed by atoms with E-state index in [0.29, 0.717) is 30.4 Å². The summed E-state index contributed by atoms with van der Waals surface area (Å²) < 4.78 is 12.4. The number of fused-ring (bicyclic) bond motifs is 1. The Kier molecular flexibility index (Phi) is 7.18. The first-order valence-electron chi connectivity index (χ1n) is 10.7. The standard InChI is InChI=1S/C24H26N4O4S/c1-28-20-10-17(7-8-21(20)32-24(28)30)16-5-3-15(4-6-16)9-18(11-25)27-23(29)22-13-26-12-19(33-2)14-31-22/h3-8,10,18-19,22,26H,9,12-14H2,1-2H3,(H,27,29)/t18-,19-,22-/m0/s1. The fraction of sp³-hybridized carbons (Fsp3) is 0.375. The van der Waals surface area contributed by atoms with Crippen LogP contribution in [0.3, 0.4) is 0 Å². The van der Waals surface area contributed by atoms with Gasteiger partial charge in [0.15, 0.2) is 5.58 Å². The summed E-state index contributed by atoms with van der Waals surface area (Å²) in [5.41, 5.74) is 4.15. The van der Waals surface area contributed by atoms with Crippen molar-refractivity contribution in [1.82, 2.24) is 15.2 Å². The lowest BCUT2D eigenvalue weighted by Crippen LogP contribution is -2.46. The smallest absolute Gasteiger partial charge is 0.408 e. The van der Waals surface area contributed by atoms with Gasteiger partial charge in [0.1, 0.15) is 12.1 Å². The first kappa shape index (κ1) is 23.1. The van der Waals surface area contributed by atoms with Crippen LogP contribution in [0.5, 0.6) is 0 Å². The number of benzene rings is 2. The Labute approximate surface area is 195 Å². The Morgan fingerprint density at radius 2 is 2.03 bits per heavy atom. The van der Waals surface area contributed by atoms with Gasteiger partial charge in [-0.25, -0.2) is 4.79 Å². The molecule has 1 fully saturated rings. The number of nitrogens with zero attached hydrogens (tertiary/aromatic N) is 2. The van der Waals surface area contributed by atoms with E-state index in [4.69, 9.17) is 9.15 Å². The molecule has 0 bridgehead atoms. The Bertz CT molecular complexity index is 1230. The Morgan fingerprint density at radius 3 is 2.76 bits per heavy atom. The molecule has 2 aromatic carbocycles. The van der Waals surface area contributed by atoms with Crippen molar-refractivity contribution in [3.05, 3.63) is 58.6 Å². The average Bonchev–Trinajstić information content (AvgIpc) is 2.99. The number of ether oxygens (including phenoxy) is 1. The predicted octanol–water partition coefficient (Wildman–Crippen LogP) is 2.07. The molecule has 1 aliphatic rings. The number of rotatable bonds is 6. The molecule has 9 heteroatoms. The highest BCUT2D eigenvalue weighted by Crippen LogP contribution is 2.24. The van der Waals surface area contributed by atoms with Gasteiger partial charge in [0.25, 0.3) is 5.91 Å². The van der Waals surface area contributed by atoms with Gasteiger partial charge in [-0.1, -0.05) is 30.3 Å². The van der Waals surface area contributed by atoms with Crippen molar-refractivity contribution in [3.63, 3.8) is 0 Å². The fourth-order valence-electron chi connectivity index (χ4n) is 3.81. The van der Waals surface area contributed by atoms with E-state index < -0.39 is 17.9 Å². The molecule has 0 aliphatic carbocycles. The Balaban J connectivity index is 1.40. The number of hydrogen-bond donors (Lipinski definition) is 2. The molecule has 2 heterocycles. The van der Waals surface area contributed by atoms with E-state index in [0.717, 1.165) is 28.8 Å². The summed E-state index contributed by atoms with van der Waals surface area (Å²) in [6, 6.07) is 14.9. The van der Waals surface area contributed by atoms with Crippen LogP contribution < -0.4 is 16.4 Å². The van der Waals surface area contributed by atoms with Crippen molar-refractivity contribution in [3.8, 4) is 17.2 Å². The molecule has 33 heavy (non-hydrogen) atoms. The molecule has 0 radical (unpaired) electrons. The van der Waals surface area contributed by atoms with Gasteiger partial charge in [-0.2, -0.15) is 17.0 Å². The van der Waals surface area contributed by atoms with Gasteiger partial charge in [-0.15, -0.1) is 0 Å². The van der Waals surface area contributed by atoms with Crippen LogP contribution in [0.25, 0.3) is 22.2 Å². The molecule has 1 aliphatic heterocycles. The van der Waals surface area contributed by atoms with Crippen molar-refractivity contribution in [2.75, 3.05) is 26.0 Å². The number of carbonyl (C=O) groups is 1.